The van der Waals surface area contributed by atoms with Gasteiger partial charge in [-0.1, -0.05) is 39.0 Å². The van der Waals surface area contributed by atoms with Crippen LogP contribution in [0.3, 0.4) is 0 Å². The summed E-state index contributed by atoms with van der Waals surface area (Å²) in [6.45, 7) is 3.64. The Kier molecular flexibility index (Phi) is 6.03. The third-order valence-corrected chi connectivity index (χ3v) is 4.84. The fourth-order valence-electron chi connectivity index (χ4n) is 3.54. The fraction of sp³-hybridized carbons (Fsp3) is 0.875. The Balaban J connectivity index is 1.80. The van der Waals surface area contributed by atoms with Gasteiger partial charge in [-0.15, -0.1) is 0 Å². The third kappa shape index (κ3) is 4.99. The number of carboxylic acid groups (broad SMARTS) is 1. The second-order valence-corrected chi connectivity index (χ2v) is 6.51. The van der Waals surface area contributed by atoms with Crippen molar-refractivity contribution in [3.05, 3.63) is 0 Å². The molecule has 0 aromatic rings. The first kappa shape index (κ1) is 16.3. The molecule has 0 aromatic heterocycles. The topological polar surface area (TPSA) is 66.8 Å². The van der Waals surface area contributed by atoms with Crippen molar-refractivity contribution in [3.63, 3.8) is 0 Å². The highest BCUT2D eigenvalue weighted by Gasteiger charge is 2.28. The molecule has 0 radical (unpaired) electrons. The van der Waals surface area contributed by atoms with Crippen LogP contribution in [0.15, 0.2) is 0 Å². The summed E-state index contributed by atoms with van der Waals surface area (Å²) in [6, 6.07) is 0. The van der Waals surface area contributed by atoms with Gasteiger partial charge < -0.3 is 14.7 Å². The minimum atomic E-state index is -0.870. The second-order valence-electron chi connectivity index (χ2n) is 6.51. The summed E-state index contributed by atoms with van der Waals surface area (Å²) in [5.74, 6) is 0.397. The van der Waals surface area contributed by atoms with E-state index < -0.39 is 5.97 Å². The molecule has 2 unspecified atom stereocenters. The van der Waals surface area contributed by atoms with Gasteiger partial charge in [0.1, 0.15) is 0 Å². The van der Waals surface area contributed by atoms with Crippen molar-refractivity contribution in [3.8, 4) is 0 Å². The van der Waals surface area contributed by atoms with E-state index >= 15 is 0 Å². The Morgan fingerprint density at radius 3 is 2.67 bits per heavy atom. The predicted molar refractivity (Wildman–Crippen MR) is 78.9 cm³/mol. The smallest absolute Gasteiger partial charge is 0.306 e. The number of ether oxygens (including phenoxy) is 1. The Bertz CT molecular complexity index is 365. The molecule has 1 heterocycles. The van der Waals surface area contributed by atoms with Gasteiger partial charge in [0.25, 0.3) is 0 Å². The first-order valence-electron chi connectivity index (χ1n) is 8.17. The largest absolute Gasteiger partial charge is 0.481 e. The standard InChI is InChI=1S/C16H27NO4/c1-12(13-5-3-2-4-6-13)9-15(18)17-7-8-21-14(11-17)10-16(19)20/h12-14H,2-11H2,1H3,(H,19,20). The summed E-state index contributed by atoms with van der Waals surface area (Å²) >= 11 is 0. The van der Waals surface area contributed by atoms with Gasteiger partial charge in [-0.2, -0.15) is 0 Å². The van der Waals surface area contributed by atoms with Crippen LogP contribution in [0, 0.1) is 11.8 Å². The van der Waals surface area contributed by atoms with Crippen LogP contribution in [0.25, 0.3) is 0 Å². The predicted octanol–water partition coefficient (Wildman–Crippen LogP) is 2.29. The van der Waals surface area contributed by atoms with Gasteiger partial charge in [-0.05, 0) is 11.8 Å². The molecule has 5 heteroatoms. The number of carbonyl (C=O) groups excluding carboxylic acids is 1. The molecule has 21 heavy (non-hydrogen) atoms. The van der Waals surface area contributed by atoms with Crippen LogP contribution in [0.5, 0.6) is 0 Å². The van der Waals surface area contributed by atoms with Crippen LogP contribution >= 0.6 is 0 Å². The summed E-state index contributed by atoms with van der Waals surface area (Å²) in [5.41, 5.74) is 0. The Labute approximate surface area is 126 Å². The molecule has 2 rings (SSSR count). The van der Waals surface area contributed by atoms with Crippen molar-refractivity contribution in [2.45, 2.75) is 58.0 Å². The van der Waals surface area contributed by atoms with Crippen molar-refractivity contribution in [2.75, 3.05) is 19.7 Å². The van der Waals surface area contributed by atoms with Gasteiger partial charge >= 0.3 is 5.97 Å². The lowest BCUT2D eigenvalue weighted by atomic mass is 9.79. The molecule has 1 aliphatic heterocycles. The van der Waals surface area contributed by atoms with Gasteiger partial charge in [-0.25, -0.2) is 0 Å². The summed E-state index contributed by atoms with van der Waals surface area (Å²) in [5, 5.41) is 8.82. The van der Waals surface area contributed by atoms with Crippen LogP contribution in [0.2, 0.25) is 0 Å². The molecule has 1 amide bonds. The first-order chi connectivity index (χ1) is 10.1. The van der Waals surface area contributed by atoms with E-state index in [0.29, 0.717) is 38.0 Å². The summed E-state index contributed by atoms with van der Waals surface area (Å²) in [4.78, 5) is 24.9. The molecule has 2 atom stereocenters. The number of rotatable bonds is 5. The van der Waals surface area contributed by atoms with E-state index in [1.807, 2.05) is 0 Å². The number of aliphatic carboxylic acids is 1. The molecule has 0 aromatic carbocycles. The molecule has 0 bridgehead atoms. The van der Waals surface area contributed by atoms with E-state index in [4.69, 9.17) is 9.84 Å². The summed E-state index contributed by atoms with van der Waals surface area (Å²) < 4.78 is 5.42. The van der Waals surface area contributed by atoms with Crippen molar-refractivity contribution >= 4 is 11.9 Å². The zero-order valence-electron chi connectivity index (χ0n) is 12.9. The minimum Gasteiger partial charge on any atom is -0.481 e. The SMILES string of the molecule is CC(CC(=O)N1CCOC(CC(=O)O)C1)C1CCCCC1. The highest BCUT2D eigenvalue weighted by molar-refractivity contribution is 5.76. The molecule has 1 aliphatic carbocycles. The van der Waals surface area contributed by atoms with Crippen molar-refractivity contribution in [1.29, 1.82) is 0 Å². The molecule has 5 nitrogen and oxygen atoms in total. The number of hydrogen-bond donors (Lipinski definition) is 1. The van der Waals surface area contributed by atoms with Gasteiger partial charge in [0.15, 0.2) is 0 Å². The summed E-state index contributed by atoms with van der Waals surface area (Å²) in [6.07, 6.45) is 6.62. The van der Waals surface area contributed by atoms with E-state index in [1.165, 1.54) is 32.1 Å². The van der Waals surface area contributed by atoms with Crippen molar-refractivity contribution < 1.29 is 19.4 Å². The first-order valence-corrected chi connectivity index (χ1v) is 8.17. The van der Waals surface area contributed by atoms with Gasteiger partial charge in [0.2, 0.25) is 5.91 Å². The lowest BCUT2D eigenvalue weighted by Crippen LogP contribution is -2.46. The second kappa shape index (κ2) is 7.78. The van der Waals surface area contributed by atoms with Gasteiger partial charge in [0, 0.05) is 19.5 Å². The van der Waals surface area contributed by atoms with Crippen LogP contribution in [0.4, 0.5) is 0 Å². The Morgan fingerprint density at radius 1 is 1.29 bits per heavy atom. The molecule has 0 spiro atoms. The molecule has 1 N–H and O–H groups in total. The highest BCUT2D eigenvalue weighted by Crippen LogP contribution is 2.31. The van der Waals surface area contributed by atoms with Crippen molar-refractivity contribution in [1.82, 2.24) is 4.90 Å². The molecular weight excluding hydrogens is 270 g/mol. The zero-order valence-corrected chi connectivity index (χ0v) is 12.9. The van der Waals surface area contributed by atoms with Crippen LogP contribution in [-0.2, 0) is 14.3 Å². The van der Waals surface area contributed by atoms with Crippen LogP contribution in [-0.4, -0.2) is 47.7 Å². The molecular formula is C16H27NO4. The van der Waals surface area contributed by atoms with Crippen LogP contribution in [0.1, 0.15) is 51.9 Å². The van der Waals surface area contributed by atoms with E-state index in [9.17, 15) is 9.59 Å². The lowest BCUT2D eigenvalue weighted by molar-refractivity contribution is -0.148. The Hall–Kier alpha value is -1.10. The lowest BCUT2D eigenvalue weighted by Gasteiger charge is -2.34. The number of nitrogens with zero attached hydrogens (tertiary/aromatic N) is 1. The van der Waals surface area contributed by atoms with Gasteiger partial charge in [0.05, 0.1) is 19.1 Å². The summed E-state index contributed by atoms with van der Waals surface area (Å²) in [7, 11) is 0. The van der Waals surface area contributed by atoms with E-state index in [1.54, 1.807) is 4.90 Å². The molecule has 2 fully saturated rings. The normalized spacial score (nSPS) is 25.6. The molecule has 1 saturated carbocycles. The van der Waals surface area contributed by atoms with E-state index in [0.717, 1.165) is 0 Å². The zero-order chi connectivity index (χ0) is 15.2. The number of carboxylic acids is 1. The maximum absolute atomic E-state index is 12.4. The number of hydrogen-bond acceptors (Lipinski definition) is 3. The maximum atomic E-state index is 12.4. The maximum Gasteiger partial charge on any atom is 0.306 e. The molecule has 2 aliphatic rings. The monoisotopic (exact) mass is 297 g/mol. The average Bonchev–Trinajstić information content (AvgIpc) is 2.47. The quantitative estimate of drug-likeness (QED) is 0.845. The molecule has 120 valence electrons. The minimum absolute atomic E-state index is 0.0258. The highest BCUT2D eigenvalue weighted by atomic mass is 16.5. The average molecular weight is 297 g/mol. The van der Waals surface area contributed by atoms with E-state index in [-0.39, 0.29) is 18.4 Å². The number of carbonyl (C=O) groups is 2. The fourth-order valence-corrected chi connectivity index (χ4v) is 3.54. The van der Waals surface area contributed by atoms with Crippen molar-refractivity contribution in [2.24, 2.45) is 11.8 Å². The Morgan fingerprint density at radius 2 is 2.00 bits per heavy atom. The van der Waals surface area contributed by atoms with Gasteiger partial charge in [-0.3, -0.25) is 9.59 Å². The molecule has 1 saturated heterocycles. The number of amides is 1. The number of morpholine rings is 1. The van der Waals surface area contributed by atoms with Crippen LogP contribution < -0.4 is 0 Å². The van der Waals surface area contributed by atoms with E-state index in [2.05, 4.69) is 6.92 Å². The third-order valence-electron chi connectivity index (χ3n) is 4.84.